The SMILES string of the molecule is Cc1ccc(N2C(=O)c3nccnc3[C@H]2O)nc1. The normalized spacial score (nSPS) is 18.0. The van der Waals surface area contributed by atoms with Gasteiger partial charge >= 0.3 is 0 Å². The number of hydrogen-bond donors (Lipinski definition) is 1. The van der Waals surface area contributed by atoms with Gasteiger partial charge in [0.2, 0.25) is 0 Å². The van der Waals surface area contributed by atoms with Crippen molar-refractivity contribution in [3.63, 3.8) is 0 Å². The third kappa shape index (κ3) is 1.46. The molecule has 0 aromatic carbocycles. The van der Waals surface area contributed by atoms with E-state index in [1.54, 1.807) is 12.3 Å². The highest BCUT2D eigenvalue weighted by atomic mass is 16.3. The van der Waals surface area contributed by atoms with Gasteiger partial charge in [0, 0.05) is 18.6 Å². The van der Waals surface area contributed by atoms with Crippen molar-refractivity contribution >= 4 is 11.7 Å². The van der Waals surface area contributed by atoms with Gasteiger partial charge in [0.05, 0.1) is 0 Å². The number of hydrogen-bond acceptors (Lipinski definition) is 5. The van der Waals surface area contributed by atoms with Crippen molar-refractivity contribution in [3.05, 3.63) is 47.7 Å². The van der Waals surface area contributed by atoms with Gasteiger partial charge in [0.15, 0.2) is 11.9 Å². The van der Waals surface area contributed by atoms with E-state index in [1.807, 2.05) is 13.0 Å². The van der Waals surface area contributed by atoms with Gasteiger partial charge in [-0.05, 0) is 18.6 Å². The third-order valence-corrected chi connectivity index (χ3v) is 2.78. The summed E-state index contributed by atoms with van der Waals surface area (Å²) < 4.78 is 0. The van der Waals surface area contributed by atoms with Crippen LogP contribution in [0.2, 0.25) is 0 Å². The topological polar surface area (TPSA) is 79.2 Å². The molecular weight excluding hydrogens is 232 g/mol. The Balaban J connectivity index is 2.06. The number of carbonyl (C=O) groups is 1. The molecule has 0 aliphatic carbocycles. The molecule has 3 rings (SSSR count). The van der Waals surface area contributed by atoms with E-state index in [0.29, 0.717) is 5.82 Å². The summed E-state index contributed by atoms with van der Waals surface area (Å²) in [5.41, 5.74) is 1.42. The van der Waals surface area contributed by atoms with E-state index in [0.717, 1.165) is 5.56 Å². The van der Waals surface area contributed by atoms with Gasteiger partial charge in [-0.15, -0.1) is 0 Å². The zero-order chi connectivity index (χ0) is 12.7. The number of rotatable bonds is 1. The number of anilines is 1. The Bertz CT molecular complexity index is 612. The van der Waals surface area contributed by atoms with Gasteiger partial charge in [-0.2, -0.15) is 0 Å². The van der Waals surface area contributed by atoms with E-state index in [4.69, 9.17) is 0 Å². The number of carbonyl (C=O) groups excluding carboxylic acids is 1. The molecule has 0 fully saturated rings. The predicted octanol–water partition coefficient (Wildman–Crippen LogP) is 0.831. The molecule has 2 aromatic heterocycles. The number of aliphatic hydroxyl groups excluding tert-OH is 1. The maximum absolute atomic E-state index is 12.1. The van der Waals surface area contributed by atoms with E-state index in [1.165, 1.54) is 17.3 Å². The Morgan fingerprint density at radius 3 is 2.67 bits per heavy atom. The molecule has 0 saturated heterocycles. The van der Waals surface area contributed by atoms with Crippen molar-refractivity contribution in [1.82, 2.24) is 15.0 Å². The number of nitrogens with zero attached hydrogens (tertiary/aromatic N) is 4. The molecule has 90 valence electrons. The van der Waals surface area contributed by atoms with Gasteiger partial charge < -0.3 is 5.11 Å². The molecule has 2 aromatic rings. The molecule has 6 nitrogen and oxygen atoms in total. The first kappa shape index (κ1) is 10.8. The predicted molar refractivity (Wildman–Crippen MR) is 62.8 cm³/mol. The molecule has 0 bridgehead atoms. The number of pyridine rings is 1. The molecule has 18 heavy (non-hydrogen) atoms. The number of aryl methyl sites for hydroxylation is 1. The fourth-order valence-corrected chi connectivity index (χ4v) is 1.88. The molecule has 1 N–H and O–H groups in total. The molecule has 1 atom stereocenters. The minimum Gasteiger partial charge on any atom is -0.367 e. The van der Waals surface area contributed by atoms with Gasteiger partial charge in [-0.25, -0.2) is 9.97 Å². The Hall–Kier alpha value is -2.34. The van der Waals surface area contributed by atoms with Crippen molar-refractivity contribution in [2.45, 2.75) is 13.2 Å². The summed E-state index contributed by atoms with van der Waals surface area (Å²) in [4.78, 5) is 25.4. The summed E-state index contributed by atoms with van der Waals surface area (Å²) in [6.07, 6.45) is 3.38. The second-order valence-corrected chi connectivity index (χ2v) is 4.03. The Morgan fingerprint density at radius 1 is 1.22 bits per heavy atom. The number of aliphatic hydroxyl groups is 1. The smallest absolute Gasteiger partial charge is 0.282 e. The number of aromatic nitrogens is 3. The van der Waals surface area contributed by atoms with E-state index in [9.17, 15) is 9.90 Å². The molecule has 1 amide bonds. The summed E-state index contributed by atoms with van der Waals surface area (Å²) in [5, 5.41) is 10.1. The van der Waals surface area contributed by atoms with Crippen LogP contribution in [0.5, 0.6) is 0 Å². The summed E-state index contributed by atoms with van der Waals surface area (Å²) in [6, 6.07) is 3.51. The molecule has 0 radical (unpaired) electrons. The average Bonchev–Trinajstić information content (AvgIpc) is 2.64. The highest BCUT2D eigenvalue weighted by Gasteiger charge is 2.39. The molecule has 1 aliphatic rings. The third-order valence-electron chi connectivity index (χ3n) is 2.78. The molecule has 6 heteroatoms. The zero-order valence-corrected chi connectivity index (χ0v) is 9.61. The Morgan fingerprint density at radius 2 is 2.00 bits per heavy atom. The van der Waals surface area contributed by atoms with Gasteiger partial charge in [-0.1, -0.05) is 6.07 Å². The van der Waals surface area contributed by atoms with Gasteiger partial charge in [0.25, 0.3) is 5.91 Å². The fraction of sp³-hybridized carbons (Fsp3) is 0.167. The van der Waals surface area contributed by atoms with E-state index in [2.05, 4.69) is 15.0 Å². The molecule has 0 unspecified atom stereocenters. The van der Waals surface area contributed by atoms with E-state index in [-0.39, 0.29) is 17.3 Å². The minimum atomic E-state index is -1.13. The molecule has 3 heterocycles. The molecule has 1 aliphatic heterocycles. The largest absolute Gasteiger partial charge is 0.367 e. The van der Waals surface area contributed by atoms with Crippen LogP contribution >= 0.6 is 0 Å². The first-order valence-corrected chi connectivity index (χ1v) is 5.43. The lowest BCUT2D eigenvalue weighted by molar-refractivity contribution is 0.0929. The minimum absolute atomic E-state index is 0.173. The summed E-state index contributed by atoms with van der Waals surface area (Å²) in [6.45, 7) is 1.90. The standard InChI is InChI=1S/C12H10N4O2/c1-7-2-3-8(15-6-7)16-11(17)9-10(12(16)18)14-5-4-13-9/h2-6,11,17H,1H3/t11-/m1/s1. The van der Waals surface area contributed by atoms with Crippen LogP contribution in [0, 0.1) is 6.92 Å². The van der Waals surface area contributed by atoms with Crippen molar-refractivity contribution in [3.8, 4) is 0 Å². The van der Waals surface area contributed by atoms with Crippen LogP contribution in [-0.2, 0) is 0 Å². The second-order valence-electron chi connectivity index (χ2n) is 4.03. The van der Waals surface area contributed by atoms with Crippen molar-refractivity contribution in [2.75, 3.05) is 4.90 Å². The first-order valence-electron chi connectivity index (χ1n) is 5.43. The van der Waals surface area contributed by atoms with Crippen LogP contribution in [0.3, 0.4) is 0 Å². The Labute approximate surface area is 103 Å². The maximum Gasteiger partial charge on any atom is 0.282 e. The molecule has 0 saturated carbocycles. The highest BCUT2D eigenvalue weighted by Crippen LogP contribution is 2.31. The maximum atomic E-state index is 12.1. The molecule has 0 spiro atoms. The summed E-state index contributed by atoms with van der Waals surface area (Å²) in [7, 11) is 0. The van der Waals surface area contributed by atoms with Crippen LogP contribution in [0.1, 0.15) is 28.0 Å². The van der Waals surface area contributed by atoms with Crippen LogP contribution in [-0.4, -0.2) is 26.0 Å². The second kappa shape index (κ2) is 3.85. The lowest BCUT2D eigenvalue weighted by atomic mass is 10.3. The zero-order valence-electron chi connectivity index (χ0n) is 9.61. The fourth-order valence-electron chi connectivity index (χ4n) is 1.88. The van der Waals surface area contributed by atoms with Gasteiger partial charge in [0.1, 0.15) is 11.5 Å². The van der Waals surface area contributed by atoms with Crippen molar-refractivity contribution in [1.29, 1.82) is 0 Å². The van der Waals surface area contributed by atoms with Crippen LogP contribution < -0.4 is 4.90 Å². The van der Waals surface area contributed by atoms with Crippen molar-refractivity contribution in [2.24, 2.45) is 0 Å². The average molecular weight is 242 g/mol. The Kier molecular flexibility index (Phi) is 2.31. The number of fused-ring (bicyclic) bond motifs is 1. The summed E-state index contributed by atoms with van der Waals surface area (Å²) >= 11 is 0. The highest BCUT2D eigenvalue weighted by molar-refractivity contribution is 6.08. The summed E-state index contributed by atoms with van der Waals surface area (Å²) in [5.74, 6) is -0.000136. The molecular formula is C12H10N4O2. The quantitative estimate of drug-likeness (QED) is 0.801. The van der Waals surface area contributed by atoms with Crippen LogP contribution in [0.4, 0.5) is 5.82 Å². The van der Waals surface area contributed by atoms with Gasteiger partial charge in [-0.3, -0.25) is 14.7 Å². The van der Waals surface area contributed by atoms with Crippen LogP contribution in [0.15, 0.2) is 30.7 Å². The van der Waals surface area contributed by atoms with Crippen molar-refractivity contribution < 1.29 is 9.90 Å². The number of amides is 1. The lowest BCUT2D eigenvalue weighted by Crippen LogP contribution is -2.28. The van der Waals surface area contributed by atoms with Crippen LogP contribution in [0.25, 0.3) is 0 Å². The first-order chi connectivity index (χ1) is 8.68. The lowest BCUT2D eigenvalue weighted by Gasteiger charge is -2.18. The van der Waals surface area contributed by atoms with E-state index < -0.39 is 6.23 Å². The van der Waals surface area contributed by atoms with E-state index >= 15 is 0 Å². The monoisotopic (exact) mass is 242 g/mol.